The van der Waals surface area contributed by atoms with Crippen molar-refractivity contribution in [3.8, 4) is 0 Å². The lowest BCUT2D eigenvalue weighted by atomic mass is 10.2. The number of thioether (sulfide) groups is 1. The van der Waals surface area contributed by atoms with Crippen LogP contribution in [-0.2, 0) is 0 Å². The van der Waals surface area contributed by atoms with Gasteiger partial charge in [0.05, 0.1) is 0 Å². The lowest BCUT2D eigenvalue weighted by molar-refractivity contribution is 0.107. The second-order valence-corrected chi connectivity index (χ2v) is 5.25. The van der Waals surface area contributed by atoms with Gasteiger partial charge < -0.3 is 0 Å². The van der Waals surface area contributed by atoms with E-state index in [0.717, 1.165) is 10.6 Å². The van der Waals surface area contributed by atoms with E-state index in [9.17, 15) is 4.79 Å². The smallest absolute Gasteiger partial charge is 0.271 e. The molecule has 1 aromatic rings. The van der Waals surface area contributed by atoms with Gasteiger partial charge in [0.1, 0.15) is 5.69 Å². The minimum absolute atomic E-state index is 0.396. The summed E-state index contributed by atoms with van der Waals surface area (Å²) in [5.41, 5.74) is 1.64. The first-order valence-corrected chi connectivity index (χ1v) is 6.41. The minimum atomic E-state index is -0.465. The zero-order valence-electron chi connectivity index (χ0n) is 8.50. The van der Waals surface area contributed by atoms with E-state index in [4.69, 9.17) is 11.6 Å². The Labute approximate surface area is 98.4 Å². The van der Waals surface area contributed by atoms with Crippen LogP contribution in [0.4, 0.5) is 0 Å². The Kier molecular flexibility index (Phi) is 3.32. The molecule has 1 fully saturated rings. The van der Waals surface area contributed by atoms with Crippen LogP contribution in [0.2, 0.25) is 0 Å². The standard InChI is InChI=1S/C11H12ClNOS/c1-2-15-9-5-8(7-3-4-7)6-13-10(9)11(12)14/h5-7H,2-4H2,1H3. The van der Waals surface area contributed by atoms with Gasteiger partial charge in [0, 0.05) is 11.1 Å². The molecule has 15 heavy (non-hydrogen) atoms. The molecule has 1 heterocycles. The number of hydrogen-bond donors (Lipinski definition) is 0. The Morgan fingerprint density at radius 2 is 2.40 bits per heavy atom. The summed E-state index contributed by atoms with van der Waals surface area (Å²) in [6, 6.07) is 2.06. The van der Waals surface area contributed by atoms with Gasteiger partial charge in [-0.1, -0.05) is 6.92 Å². The molecule has 1 aliphatic rings. The van der Waals surface area contributed by atoms with E-state index in [2.05, 4.69) is 18.0 Å². The zero-order valence-corrected chi connectivity index (χ0v) is 10.1. The SMILES string of the molecule is CCSc1cc(C2CC2)cnc1C(=O)Cl. The van der Waals surface area contributed by atoms with Crippen molar-refractivity contribution in [2.75, 3.05) is 5.75 Å². The molecule has 1 aliphatic carbocycles. The Balaban J connectivity index is 2.34. The van der Waals surface area contributed by atoms with Crippen LogP contribution >= 0.6 is 23.4 Å². The van der Waals surface area contributed by atoms with Gasteiger partial charge in [0.15, 0.2) is 0 Å². The molecule has 0 radical (unpaired) electrons. The minimum Gasteiger partial charge on any atom is -0.274 e. The number of carbonyl (C=O) groups is 1. The third-order valence-corrected chi connectivity index (χ3v) is 3.50. The van der Waals surface area contributed by atoms with Gasteiger partial charge >= 0.3 is 0 Å². The Hall–Kier alpha value is -0.540. The molecule has 1 aromatic heterocycles. The van der Waals surface area contributed by atoms with Gasteiger partial charge in [-0.2, -0.15) is 0 Å². The van der Waals surface area contributed by atoms with Gasteiger partial charge in [-0.3, -0.25) is 9.78 Å². The fourth-order valence-electron chi connectivity index (χ4n) is 1.51. The Morgan fingerprint density at radius 3 is 2.93 bits per heavy atom. The van der Waals surface area contributed by atoms with Crippen molar-refractivity contribution in [2.24, 2.45) is 0 Å². The molecule has 4 heteroatoms. The number of nitrogens with zero attached hydrogens (tertiary/aromatic N) is 1. The molecule has 0 N–H and O–H groups in total. The highest BCUT2D eigenvalue weighted by atomic mass is 35.5. The number of rotatable bonds is 4. The van der Waals surface area contributed by atoms with Crippen molar-refractivity contribution in [2.45, 2.75) is 30.6 Å². The van der Waals surface area contributed by atoms with Gasteiger partial charge in [-0.15, -0.1) is 11.8 Å². The van der Waals surface area contributed by atoms with E-state index in [1.54, 1.807) is 18.0 Å². The summed E-state index contributed by atoms with van der Waals surface area (Å²) in [4.78, 5) is 16.2. The second kappa shape index (κ2) is 4.54. The van der Waals surface area contributed by atoms with Crippen molar-refractivity contribution >= 4 is 28.6 Å². The van der Waals surface area contributed by atoms with Crippen LogP contribution in [0.15, 0.2) is 17.2 Å². The molecule has 0 amide bonds. The first kappa shape index (κ1) is 11.0. The van der Waals surface area contributed by atoms with Crippen molar-refractivity contribution in [3.63, 3.8) is 0 Å². The molecule has 2 nitrogen and oxygen atoms in total. The summed E-state index contributed by atoms with van der Waals surface area (Å²) < 4.78 is 0. The van der Waals surface area contributed by atoms with E-state index in [1.165, 1.54) is 18.4 Å². The normalized spacial score (nSPS) is 15.3. The van der Waals surface area contributed by atoms with Crippen molar-refractivity contribution in [1.82, 2.24) is 4.98 Å². The van der Waals surface area contributed by atoms with Gasteiger partial charge in [-0.05, 0) is 47.7 Å². The quantitative estimate of drug-likeness (QED) is 0.598. The number of halogens is 1. The highest BCUT2D eigenvalue weighted by molar-refractivity contribution is 7.99. The predicted molar refractivity (Wildman–Crippen MR) is 62.8 cm³/mol. The zero-order chi connectivity index (χ0) is 10.8. The number of carbonyl (C=O) groups excluding carboxylic acids is 1. The summed E-state index contributed by atoms with van der Waals surface area (Å²) in [7, 11) is 0. The van der Waals surface area contributed by atoms with Crippen LogP contribution in [0.1, 0.15) is 41.7 Å². The molecule has 2 rings (SSSR count). The van der Waals surface area contributed by atoms with Crippen molar-refractivity contribution in [3.05, 3.63) is 23.5 Å². The monoisotopic (exact) mass is 241 g/mol. The molecule has 0 aromatic carbocycles. The summed E-state index contributed by atoms with van der Waals surface area (Å²) >= 11 is 7.10. The summed E-state index contributed by atoms with van der Waals surface area (Å²) in [5.74, 6) is 1.58. The van der Waals surface area contributed by atoms with E-state index in [0.29, 0.717) is 11.6 Å². The predicted octanol–water partition coefficient (Wildman–Crippen LogP) is 3.45. The number of pyridine rings is 1. The van der Waals surface area contributed by atoms with Crippen LogP contribution in [0.25, 0.3) is 0 Å². The number of aromatic nitrogens is 1. The molecule has 0 spiro atoms. The maximum Gasteiger partial charge on any atom is 0.271 e. The third kappa shape index (κ3) is 2.52. The maximum atomic E-state index is 11.1. The first-order valence-electron chi connectivity index (χ1n) is 5.05. The van der Waals surface area contributed by atoms with Gasteiger partial charge in [0.2, 0.25) is 0 Å². The van der Waals surface area contributed by atoms with Crippen LogP contribution in [-0.4, -0.2) is 16.0 Å². The second-order valence-electron chi connectivity index (χ2n) is 3.60. The molecule has 0 unspecified atom stereocenters. The highest BCUT2D eigenvalue weighted by Crippen LogP contribution is 2.41. The van der Waals surface area contributed by atoms with Crippen molar-refractivity contribution < 1.29 is 4.79 Å². The Bertz CT molecular complexity index is 390. The summed E-state index contributed by atoms with van der Waals surface area (Å²) in [5, 5.41) is -0.465. The molecule has 0 atom stereocenters. The maximum absolute atomic E-state index is 11.1. The molecule has 80 valence electrons. The topological polar surface area (TPSA) is 30.0 Å². The van der Waals surface area contributed by atoms with Gasteiger partial charge in [0.25, 0.3) is 5.24 Å². The average Bonchev–Trinajstić information content (AvgIpc) is 3.01. The van der Waals surface area contributed by atoms with E-state index < -0.39 is 5.24 Å². The van der Waals surface area contributed by atoms with Crippen LogP contribution in [0, 0.1) is 0 Å². The lowest BCUT2D eigenvalue weighted by Gasteiger charge is -2.05. The van der Waals surface area contributed by atoms with Crippen LogP contribution < -0.4 is 0 Å². The first-order chi connectivity index (χ1) is 7.22. The third-order valence-electron chi connectivity index (χ3n) is 2.41. The lowest BCUT2D eigenvalue weighted by Crippen LogP contribution is -1.98. The molecular weight excluding hydrogens is 230 g/mol. The highest BCUT2D eigenvalue weighted by Gasteiger charge is 2.25. The summed E-state index contributed by atoms with van der Waals surface area (Å²) in [6.45, 7) is 2.05. The summed E-state index contributed by atoms with van der Waals surface area (Å²) in [6.07, 6.45) is 4.27. The molecule has 0 aliphatic heterocycles. The van der Waals surface area contributed by atoms with E-state index >= 15 is 0 Å². The molecule has 0 saturated heterocycles. The fraction of sp³-hybridized carbons (Fsp3) is 0.455. The van der Waals surface area contributed by atoms with Crippen molar-refractivity contribution in [1.29, 1.82) is 0 Å². The van der Waals surface area contributed by atoms with Crippen LogP contribution in [0.3, 0.4) is 0 Å². The van der Waals surface area contributed by atoms with E-state index in [-0.39, 0.29) is 0 Å². The molecular formula is C11H12ClNOS. The Morgan fingerprint density at radius 1 is 1.67 bits per heavy atom. The fourth-order valence-corrected chi connectivity index (χ4v) is 2.53. The molecule has 0 bridgehead atoms. The number of hydrogen-bond acceptors (Lipinski definition) is 3. The average molecular weight is 242 g/mol. The van der Waals surface area contributed by atoms with E-state index in [1.807, 2.05) is 0 Å². The molecule has 1 saturated carbocycles. The van der Waals surface area contributed by atoms with Gasteiger partial charge in [-0.25, -0.2) is 0 Å². The largest absolute Gasteiger partial charge is 0.274 e. The van der Waals surface area contributed by atoms with Crippen LogP contribution in [0.5, 0.6) is 0 Å².